The van der Waals surface area contributed by atoms with Gasteiger partial charge in [-0.1, -0.05) is 20.8 Å². The number of pyridine rings is 1. The molecular weight excluding hydrogens is 292 g/mol. The third kappa shape index (κ3) is 3.26. The second kappa shape index (κ2) is 7.09. The Morgan fingerprint density at radius 2 is 2.26 bits per heavy atom. The smallest absolute Gasteiger partial charge is 0.261 e. The van der Waals surface area contributed by atoms with E-state index in [0.29, 0.717) is 16.7 Å². The van der Waals surface area contributed by atoms with Gasteiger partial charge < -0.3 is 15.8 Å². The molecular formula is C17H22N4O2. The first kappa shape index (κ1) is 16.7. The minimum absolute atomic E-state index is 0.0593. The molecule has 0 saturated heterocycles. The van der Waals surface area contributed by atoms with Crippen LogP contribution < -0.4 is 10.9 Å². The molecule has 0 atom stereocenters. The third-order valence-electron chi connectivity index (χ3n) is 3.62. The summed E-state index contributed by atoms with van der Waals surface area (Å²) in [6.07, 6.45) is 6.90. The molecule has 0 aliphatic carbocycles. The Balaban J connectivity index is 2.59. The van der Waals surface area contributed by atoms with Gasteiger partial charge >= 0.3 is 0 Å². The van der Waals surface area contributed by atoms with E-state index >= 15 is 0 Å². The van der Waals surface area contributed by atoms with Gasteiger partial charge in [0.2, 0.25) is 0 Å². The first-order valence-corrected chi connectivity index (χ1v) is 7.68. The van der Waals surface area contributed by atoms with Crippen LogP contribution in [0.5, 0.6) is 5.75 Å². The van der Waals surface area contributed by atoms with E-state index < -0.39 is 0 Å². The maximum Gasteiger partial charge on any atom is 0.261 e. The molecule has 0 aliphatic heterocycles. The van der Waals surface area contributed by atoms with Gasteiger partial charge in [-0.15, -0.1) is 0 Å². The van der Waals surface area contributed by atoms with Gasteiger partial charge in [-0.25, -0.2) is 4.98 Å². The average molecular weight is 314 g/mol. The molecule has 2 heterocycles. The minimum Gasteiger partial charge on any atom is -0.504 e. The fourth-order valence-corrected chi connectivity index (χ4v) is 2.30. The van der Waals surface area contributed by atoms with Crippen molar-refractivity contribution in [2.45, 2.75) is 33.1 Å². The molecule has 6 heteroatoms. The monoisotopic (exact) mass is 314 g/mol. The summed E-state index contributed by atoms with van der Waals surface area (Å²) in [5.74, 6) is -0.0445. The van der Waals surface area contributed by atoms with Crippen LogP contribution in [0.1, 0.15) is 44.2 Å². The first-order chi connectivity index (χ1) is 11.0. The topological polar surface area (TPSA) is 90.5 Å². The largest absolute Gasteiger partial charge is 0.504 e. The lowest BCUT2D eigenvalue weighted by Gasteiger charge is -2.11. The maximum absolute atomic E-state index is 12.4. The summed E-state index contributed by atoms with van der Waals surface area (Å²) < 4.78 is 1.34. The number of hydrogen-bond acceptors (Lipinski definition) is 5. The SMILES string of the molecule is CCCN/C=C(\C=N)c1ccn2c(=O)c(C(C)C)cnc2c1O. The van der Waals surface area contributed by atoms with E-state index in [4.69, 9.17) is 5.41 Å². The quantitative estimate of drug-likeness (QED) is 0.564. The highest BCUT2D eigenvalue weighted by molar-refractivity contribution is 6.09. The molecule has 23 heavy (non-hydrogen) atoms. The summed E-state index contributed by atoms with van der Waals surface area (Å²) in [5.41, 5.74) is 1.60. The van der Waals surface area contributed by atoms with E-state index in [0.717, 1.165) is 19.2 Å². The van der Waals surface area contributed by atoms with Crippen LogP contribution in [0.25, 0.3) is 11.2 Å². The third-order valence-corrected chi connectivity index (χ3v) is 3.62. The van der Waals surface area contributed by atoms with Gasteiger partial charge in [0.05, 0.1) is 0 Å². The van der Waals surface area contributed by atoms with E-state index in [-0.39, 0.29) is 22.9 Å². The standard InChI is InChI=1S/C17H22N4O2/c1-4-6-19-9-12(8-18)13-5-7-21-16(15(13)22)20-10-14(11(2)3)17(21)23/h5,7-11,18-19,22H,4,6H2,1-3H3/b12-9+,18-8?. The molecule has 0 spiro atoms. The van der Waals surface area contributed by atoms with Crippen molar-refractivity contribution in [3.05, 3.63) is 46.1 Å². The van der Waals surface area contributed by atoms with E-state index in [2.05, 4.69) is 10.3 Å². The van der Waals surface area contributed by atoms with Crippen molar-refractivity contribution in [1.82, 2.24) is 14.7 Å². The second-order valence-electron chi connectivity index (χ2n) is 5.64. The number of allylic oxidation sites excluding steroid dienone is 1. The zero-order valence-corrected chi connectivity index (χ0v) is 13.6. The van der Waals surface area contributed by atoms with Crippen molar-refractivity contribution in [3.8, 4) is 5.75 Å². The minimum atomic E-state index is -0.184. The van der Waals surface area contributed by atoms with Crippen molar-refractivity contribution >= 4 is 17.4 Å². The van der Waals surface area contributed by atoms with E-state index in [1.165, 1.54) is 10.6 Å². The number of hydrogen-bond donors (Lipinski definition) is 3. The Labute approximate surface area is 135 Å². The van der Waals surface area contributed by atoms with Crippen LogP contribution in [0.4, 0.5) is 0 Å². The summed E-state index contributed by atoms with van der Waals surface area (Å²) >= 11 is 0. The highest BCUT2D eigenvalue weighted by Crippen LogP contribution is 2.27. The van der Waals surface area contributed by atoms with Crippen LogP contribution in [-0.2, 0) is 0 Å². The Hall–Kier alpha value is -2.63. The van der Waals surface area contributed by atoms with Crippen LogP contribution in [-0.4, -0.2) is 27.3 Å². The van der Waals surface area contributed by atoms with Crippen LogP contribution >= 0.6 is 0 Å². The molecule has 0 radical (unpaired) electrons. The van der Waals surface area contributed by atoms with Crippen molar-refractivity contribution < 1.29 is 5.11 Å². The molecule has 0 fully saturated rings. The van der Waals surface area contributed by atoms with E-state index in [1.54, 1.807) is 18.5 Å². The average Bonchev–Trinajstić information content (AvgIpc) is 2.53. The second-order valence-corrected chi connectivity index (χ2v) is 5.64. The molecule has 0 saturated carbocycles. The predicted octanol–water partition coefficient (Wildman–Crippen LogP) is 2.51. The molecule has 2 aromatic heterocycles. The number of nitrogens with one attached hydrogen (secondary N) is 2. The Kier molecular flexibility index (Phi) is 5.16. The van der Waals surface area contributed by atoms with Crippen LogP contribution in [0.2, 0.25) is 0 Å². The molecule has 6 nitrogen and oxygen atoms in total. The van der Waals surface area contributed by atoms with Crippen LogP contribution in [0.15, 0.2) is 29.5 Å². The Morgan fingerprint density at radius 3 is 2.87 bits per heavy atom. The molecule has 3 N–H and O–H groups in total. The van der Waals surface area contributed by atoms with Crippen LogP contribution in [0.3, 0.4) is 0 Å². The summed E-state index contributed by atoms with van der Waals surface area (Å²) in [4.78, 5) is 16.7. The van der Waals surface area contributed by atoms with Gasteiger partial charge in [-0.05, 0) is 18.4 Å². The first-order valence-electron chi connectivity index (χ1n) is 7.68. The molecule has 2 aromatic rings. The normalized spacial score (nSPS) is 11.9. The molecule has 122 valence electrons. The zero-order chi connectivity index (χ0) is 17.0. The molecule has 0 bridgehead atoms. The highest BCUT2D eigenvalue weighted by Gasteiger charge is 2.14. The summed E-state index contributed by atoms with van der Waals surface area (Å²) in [7, 11) is 0. The van der Waals surface area contributed by atoms with Gasteiger partial charge in [-0.3, -0.25) is 9.20 Å². The summed E-state index contributed by atoms with van der Waals surface area (Å²) in [6.45, 7) is 6.67. The molecule has 2 rings (SSSR count). The predicted molar refractivity (Wildman–Crippen MR) is 92.3 cm³/mol. The van der Waals surface area contributed by atoms with E-state index in [9.17, 15) is 9.90 Å². The summed E-state index contributed by atoms with van der Waals surface area (Å²) in [6, 6.07) is 1.63. The zero-order valence-electron chi connectivity index (χ0n) is 13.6. The van der Waals surface area contributed by atoms with Gasteiger partial charge in [0.15, 0.2) is 11.4 Å². The maximum atomic E-state index is 12.4. The highest BCUT2D eigenvalue weighted by atomic mass is 16.3. The molecule has 0 aliphatic rings. The van der Waals surface area contributed by atoms with Gasteiger partial charge in [0.25, 0.3) is 5.56 Å². The Morgan fingerprint density at radius 1 is 1.52 bits per heavy atom. The Bertz CT molecular complexity index is 806. The molecule has 0 aromatic carbocycles. The van der Waals surface area contributed by atoms with Crippen molar-refractivity contribution in [2.24, 2.45) is 0 Å². The van der Waals surface area contributed by atoms with Gasteiger partial charge in [0, 0.05) is 48.1 Å². The van der Waals surface area contributed by atoms with Crippen molar-refractivity contribution in [2.75, 3.05) is 6.54 Å². The number of aromatic nitrogens is 2. The number of rotatable bonds is 6. The lowest BCUT2D eigenvalue weighted by atomic mass is 10.1. The van der Waals surface area contributed by atoms with Crippen molar-refractivity contribution in [3.63, 3.8) is 0 Å². The van der Waals surface area contributed by atoms with Crippen LogP contribution in [0, 0.1) is 5.41 Å². The van der Waals surface area contributed by atoms with Gasteiger partial charge in [-0.2, -0.15) is 0 Å². The summed E-state index contributed by atoms with van der Waals surface area (Å²) in [5, 5.41) is 21.1. The number of nitrogens with zero attached hydrogens (tertiary/aromatic N) is 2. The lowest BCUT2D eigenvalue weighted by molar-refractivity contribution is 0.475. The molecule has 0 unspecified atom stereocenters. The lowest BCUT2D eigenvalue weighted by Crippen LogP contribution is -2.20. The fourth-order valence-electron chi connectivity index (χ4n) is 2.30. The molecule has 0 amide bonds. The van der Waals surface area contributed by atoms with E-state index in [1.807, 2.05) is 20.8 Å². The number of aromatic hydroxyl groups is 1. The van der Waals surface area contributed by atoms with Crippen molar-refractivity contribution in [1.29, 1.82) is 5.41 Å². The fraction of sp³-hybridized carbons (Fsp3) is 0.353. The van der Waals surface area contributed by atoms with Gasteiger partial charge in [0.1, 0.15) is 0 Å². The number of fused-ring (bicyclic) bond motifs is 1.